The van der Waals surface area contributed by atoms with Crippen LogP contribution >= 0.6 is 11.6 Å². The van der Waals surface area contributed by atoms with E-state index in [0.29, 0.717) is 44.8 Å². The van der Waals surface area contributed by atoms with E-state index in [9.17, 15) is 85.1 Å². The van der Waals surface area contributed by atoms with Crippen LogP contribution in [0.4, 0.5) is 41.6 Å². The van der Waals surface area contributed by atoms with E-state index in [-0.39, 0.29) is 118 Å². The van der Waals surface area contributed by atoms with Gasteiger partial charge in [0, 0.05) is 33.5 Å². The molecule has 0 saturated carbocycles. The Labute approximate surface area is 779 Å². The number of hydrogen-bond acceptors (Lipinski definition) is 16. The Balaban J connectivity index is 0.000000258. The Bertz CT molecular complexity index is 5560. The molecule has 5 atom stereocenters. The molecule has 0 fully saturated rings. The highest BCUT2D eigenvalue weighted by molar-refractivity contribution is 6.31. The zero-order valence-electron chi connectivity index (χ0n) is 75.0. The van der Waals surface area contributed by atoms with Gasteiger partial charge in [-0.1, -0.05) is 211 Å². The molecule has 0 aromatic heterocycles. The molecule has 0 aliphatic rings. The first-order valence-corrected chi connectivity index (χ1v) is 42.6. The summed E-state index contributed by atoms with van der Waals surface area (Å²) in [4.78, 5) is 179. The molecule has 0 unspecified atom stereocenters. The first kappa shape index (κ1) is 107. The Morgan fingerprint density at radius 2 is 0.552 bits per heavy atom. The minimum absolute atomic E-state index is 0.0752. The van der Waals surface area contributed by atoms with E-state index in [1.54, 1.807) is 211 Å². The van der Waals surface area contributed by atoms with Gasteiger partial charge in [-0.25, -0.2) is 0 Å². The standard InChI is InChI=1S/C20H20F3N3O3.C20H23N3O4.2C20H23N3O3.C19H20ClN3O3/c1-13(19(29)24-12-18(28)26-16-8-3-2-4-9-16)25-17(27)11-14-6-5-7-15(10-14)20(21,22)23;1-14(22-18(24)12-15-7-6-10-17(11-15)27-2)20(26)21-13-19(25)23-16-8-4-3-5-9-16;1-14-7-6-8-16(11-14)12-18(24)22-15(2)20(26)21-13-19(25)23-17-9-4-3-5-10-17;1-14-8-10-16(11-9-14)12-18(24)22-15(2)20(26)21-13-19(25)23-17-6-4-3-5-7-17;1-13(22-17(24)11-14-7-5-6-10-16(14)20)19(26)21-12-18(25)23-15-8-3-2-4-9-15/h2-10,13H,11-12H2,1H3,(H,24,29)(H,25,27)(H,26,28);3-11,14H,12-13H2,1-2H3,(H,21,26)(H,22,24)(H,23,25);2*3-11,15H,12-13H2,1-2H3,(H,21,26)(H,22,24)(H,23,25);2-10,13H,11-12H2,1H3,(H,21,26)(H,22,24)(H,23,25)/t13-;14-;2*15-;13-/m00000/s1. The van der Waals surface area contributed by atoms with Gasteiger partial charge in [-0.2, -0.15) is 13.2 Å². The molecule has 0 aliphatic carbocycles. The first-order valence-electron chi connectivity index (χ1n) is 42.2. The average molecular weight is 1860 g/mol. The highest BCUT2D eigenvalue weighted by Crippen LogP contribution is 2.30. The van der Waals surface area contributed by atoms with Gasteiger partial charge in [0.1, 0.15) is 36.0 Å². The van der Waals surface area contributed by atoms with Crippen molar-refractivity contribution in [3.05, 3.63) is 323 Å². The van der Waals surface area contributed by atoms with E-state index in [1.165, 1.54) is 19.1 Å². The molecule has 134 heavy (non-hydrogen) atoms. The molecule has 0 heterocycles. The molecule has 0 radical (unpaired) electrons. The van der Waals surface area contributed by atoms with Crippen LogP contribution in [0.15, 0.2) is 273 Å². The summed E-state index contributed by atoms with van der Waals surface area (Å²) < 4.78 is 43.3. The monoisotopic (exact) mass is 1860 g/mol. The summed E-state index contributed by atoms with van der Waals surface area (Å²) in [6.45, 7) is 10.6. The maximum atomic E-state index is 12.7. The van der Waals surface area contributed by atoms with Crippen molar-refractivity contribution in [2.24, 2.45) is 0 Å². The van der Waals surface area contributed by atoms with Crippen molar-refractivity contribution in [3.63, 3.8) is 0 Å². The predicted molar refractivity (Wildman–Crippen MR) is 505 cm³/mol. The number of carbonyl (C=O) groups excluding carboxylic acids is 15. The summed E-state index contributed by atoms with van der Waals surface area (Å²) in [5, 5.41) is 39.0. The predicted octanol–water partition coefficient (Wildman–Crippen LogP) is 9.74. The van der Waals surface area contributed by atoms with Crippen LogP contribution in [-0.4, -0.2) is 159 Å². The zero-order valence-corrected chi connectivity index (χ0v) is 75.7. The second-order valence-electron chi connectivity index (χ2n) is 30.1. The van der Waals surface area contributed by atoms with Crippen LogP contribution in [-0.2, 0) is 110 Å². The Morgan fingerprint density at radius 1 is 0.284 bits per heavy atom. The van der Waals surface area contributed by atoms with Crippen LogP contribution in [0, 0.1) is 13.8 Å². The normalized spacial score (nSPS) is 11.4. The van der Waals surface area contributed by atoms with E-state index < -0.39 is 83.3 Å². The summed E-state index contributed by atoms with van der Waals surface area (Å²) in [6.07, 6.45) is -4.20. The molecule has 0 saturated heterocycles. The topological polar surface area (TPSA) is 446 Å². The number of nitrogens with one attached hydrogen (secondary N) is 15. The Hall–Kier alpha value is -15.9. The van der Waals surface area contributed by atoms with Crippen molar-refractivity contribution in [1.29, 1.82) is 0 Å². The van der Waals surface area contributed by atoms with Crippen molar-refractivity contribution < 1.29 is 89.8 Å². The molecule has 31 nitrogen and oxygen atoms in total. The van der Waals surface area contributed by atoms with Gasteiger partial charge in [-0.05, 0) is 161 Å². The van der Waals surface area contributed by atoms with Gasteiger partial charge in [0.2, 0.25) is 88.6 Å². The van der Waals surface area contributed by atoms with Crippen LogP contribution in [0.25, 0.3) is 0 Å². The van der Waals surface area contributed by atoms with Gasteiger partial charge in [0.05, 0.1) is 77.5 Å². The molecule has 15 N–H and O–H groups in total. The molecular weight excluding hydrogens is 1750 g/mol. The quantitative estimate of drug-likeness (QED) is 0.0174. The first-order chi connectivity index (χ1) is 63.9. The molecule has 10 aromatic rings. The van der Waals surface area contributed by atoms with Crippen LogP contribution < -0.4 is 84.5 Å². The van der Waals surface area contributed by atoms with Gasteiger partial charge in [-0.15, -0.1) is 0 Å². The number of hydrogen-bond donors (Lipinski definition) is 15. The number of para-hydroxylation sites is 5. The number of rotatable bonds is 36. The fourth-order valence-electron chi connectivity index (χ4n) is 11.8. The van der Waals surface area contributed by atoms with Gasteiger partial charge in [-0.3, -0.25) is 71.9 Å². The minimum atomic E-state index is -4.50. The summed E-state index contributed by atoms with van der Waals surface area (Å²) >= 11 is 6.01. The number of carbonyl (C=O) groups is 15. The lowest BCUT2D eigenvalue weighted by Gasteiger charge is -2.14. The fourth-order valence-corrected chi connectivity index (χ4v) is 12.0. The average Bonchev–Trinajstić information content (AvgIpc) is 0.840. The minimum Gasteiger partial charge on any atom is -0.497 e. The Morgan fingerprint density at radius 3 is 0.851 bits per heavy atom. The van der Waals surface area contributed by atoms with Crippen molar-refractivity contribution in [3.8, 4) is 5.75 Å². The Kier molecular flexibility index (Phi) is 45.7. The number of aryl methyl sites for hydroxylation is 2. The summed E-state index contributed by atoms with van der Waals surface area (Å²) in [5.41, 5.74) is 7.94. The third kappa shape index (κ3) is 43.5. The van der Waals surface area contributed by atoms with Crippen LogP contribution in [0.5, 0.6) is 5.75 Å². The van der Waals surface area contributed by atoms with Gasteiger partial charge < -0.3 is 84.5 Å². The third-order valence-corrected chi connectivity index (χ3v) is 19.0. The number of anilines is 5. The molecule has 10 rings (SSSR count). The fraction of sp³-hybridized carbons (Fsp3) is 0.242. The van der Waals surface area contributed by atoms with E-state index in [2.05, 4.69) is 79.8 Å². The smallest absolute Gasteiger partial charge is 0.416 e. The van der Waals surface area contributed by atoms with E-state index in [1.807, 2.05) is 86.6 Å². The highest BCUT2D eigenvalue weighted by Gasteiger charge is 2.31. The maximum Gasteiger partial charge on any atom is 0.416 e. The molecule has 35 heteroatoms. The SMILES string of the molecule is COc1cccc(CC(=O)N[C@@H](C)C(=O)NCC(=O)Nc2ccccc2)c1.C[C@H](NC(=O)Cc1cccc(C(F)(F)F)c1)C(=O)NCC(=O)Nc1ccccc1.C[C@H](NC(=O)Cc1ccccc1Cl)C(=O)NCC(=O)Nc1ccccc1.Cc1ccc(CC(=O)N[C@@H](C)C(=O)NCC(=O)Nc2ccccc2)cc1.Cc1cccc(CC(=O)N[C@@H](C)C(=O)NCC(=O)Nc2ccccc2)c1. The lowest BCUT2D eigenvalue weighted by molar-refractivity contribution is -0.138. The molecule has 0 bridgehead atoms. The molecule has 10 aromatic carbocycles. The third-order valence-electron chi connectivity index (χ3n) is 18.6. The van der Waals surface area contributed by atoms with Crippen LogP contribution in [0.3, 0.4) is 0 Å². The second kappa shape index (κ2) is 57.2. The maximum absolute atomic E-state index is 12.7. The number of amides is 15. The molecular formula is C99H109ClF3N15O16. The summed E-state index contributed by atoms with van der Waals surface area (Å²) in [6, 6.07) is 74.4. The molecule has 15 amide bonds. The largest absolute Gasteiger partial charge is 0.497 e. The van der Waals surface area contributed by atoms with Crippen molar-refractivity contribution in [2.75, 3.05) is 66.4 Å². The molecule has 704 valence electrons. The van der Waals surface area contributed by atoms with Crippen molar-refractivity contribution >= 4 is 129 Å². The number of alkyl halides is 3. The summed E-state index contributed by atoms with van der Waals surface area (Å²) in [5.74, 6) is -5.14. The lowest BCUT2D eigenvalue weighted by atomic mass is 10.1. The van der Waals surface area contributed by atoms with Crippen molar-refractivity contribution in [2.45, 2.75) is 117 Å². The van der Waals surface area contributed by atoms with Gasteiger partial charge in [0.25, 0.3) is 0 Å². The summed E-state index contributed by atoms with van der Waals surface area (Å²) in [7, 11) is 1.56. The van der Waals surface area contributed by atoms with Gasteiger partial charge >= 0.3 is 6.18 Å². The van der Waals surface area contributed by atoms with Crippen molar-refractivity contribution in [1.82, 2.24) is 53.2 Å². The number of benzene rings is 10. The second-order valence-corrected chi connectivity index (χ2v) is 30.5. The number of ether oxygens (including phenoxy) is 1. The highest BCUT2D eigenvalue weighted by atomic mass is 35.5. The van der Waals surface area contributed by atoms with Crippen LogP contribution in [0.1, 0.15) is 79.1 Å². The molecule has 0 aliphatic heterocycles. The van der Waals surface area contributed by atoms with E-state index in [0.717, 1.165) is 39.9 Å². The van der Waals surface area contributed by atoms with E-state index >= 15 is 0 Å². The zero-order chi connectivity index (χ0) is 97.9. The van der Waals surface area contributed by atoms with Crippen LogP contribution in [0.2, 0.25) is 5.02 Å². The molecule has 0 spiro atoms. The van der Waals surface area contributed by atoms with Gasteiger partial charge in [0.15, 0.2) is 0 Å². The number of methoxy groups -OCH3 is 1. The van der Waals surface area contributed by atoms with E-state index in [4.69, 9.17) is 16.3 Å². The number of halogens is 4. The lowest BCUT2D eigenvalue weighted by Crippen LogP contribution is -2.47.